The lowest BCUT2D eigenvalue weighted by molar-refractivity contribution is -0.154. The minimum Gasteiger partial charge on any atom is -0.468 e. The average molecular weight is 428 g/mol. The van der Waals surface area contributed by atoms with Crippen molar-refractivity contribution in [3.8, 4) is 23.1 Å². The van der Waals surface area contributed by atoms with Crippen LogP contribution in [0, 0.1) is 11.3 Å². The summed E-state index contributed by atoms with van der Waals surface area (Å²) in [5.41, 5.74) is 2.90. The number of carbonyl (C=O) groups is 1. The van der Waals surface area contributed by atoms with Gasteiger partial charge < -0.3 is 9.64 Å². The fourth-order valence-corrected chi connectivity index (χ4v) is 3.27. The maximum Gasteiger partial charge on any atom is 0.422 e. The van der Waals surface area contributed by atoms with Gasteiger partial charge in [0.05, 0.1) is 0 Å². The Morgan fingerprint density at radius 1 is 1.19 bits per heavy atom. The van der Waals surface area contributed by atoms with Gasteiger partial charge in [-0.3, -0.25) is 4.79 Å². The topological polar surface area (TPSA) is 96.9 Å². The molecular weight excluding hydrogens is 413 g/mol. The Kier molecular flexibility index (Phi) is 5.29. The van der Waals surface area contributed by atoms with Crippen LogP contribution < -0.4 is 4.74 Å². The molecule has 0 radical (unpaired) electrons. The second-order valence-corrected chi connectivity index (χ2v) is 6.87. The lowest BCUT2D eigenvalue weighted by Crippen LogP contribution is -2.29. The highest BCUT2D eigenvalue weighted by Crippen LogP contribution is 2.33. The maximum atomic E-state index is 12.6. The minimum atomic E-state index is -4.47. The van der Waals surface area contributed by atoms with Crippen molar-refractivity contribution < 1.29 is 22.7 Å². The molecule has 2 aromatic heterocycles. The number of hydrogen-bond acceptors (Lipinski definition) is 6. The summed E-state index contributed by atoms with van der Waals surface area (Å²) in [5, 5.41) is 12.7. The number of halogens is 3. The number of alkyl halides is 3. The summed E-state index contributed by atoms with van der Waals surface area (Å²) < 4.78 is 43.8. The van der Waals surface area contributed by atoms with E-state index in [-0.39, 0.29) is 24.2 Å². The van der Waals surface area contributed by atoms with E-state index in [0.29, 0.717) is 24.2 Å². The van der Waals surface area contributed by atoms with Crippen molar-refractivity contribution in [2.75, 3.05) is 6.61 Å². The van der Waals surface area contributed by atoms with E-state index in [0.717, 1.165) is 11.1 Å². The van der Waals surface area contributed by atoms with Gasteiger partial charge in [-0.2, -0.15) is 18.4 Å². The summed E-state index contributed by atoms with van der Waals surface area (Å²) in [4.78, 5) is 21.9. The van der Waals surface area contributed by atoms with Crippen LogP contribution in [0.15, 0.2) is 42.9 Å². The Labute approximate surface area is 174 Å². The van der Waals surface area contributed by atoms with Crippen LogP contribution in [0.3, 0.4) is 0 Å². The van der Waals surface area contributed by atoms with E-state index in [2.05, 4.69) is 15.1 Å². The normalized spacial score (nSPS) is 13.0. The van der Waals surface area contributed by atoms with Gasteiger partial charge >= 0.3 is 6.18 Å². The van der Waals surface area contributed by atoms with Crippen LogP contribution in [0.4, 0.5) is 13.2 Å². The van der Waals surface area contributed by atoms with E-state index >= 15 is 0 Å². The smallest absolute Gasteiger partial charge is 0.422 e. The summed E-state index contributed by atoms with van der Waals surface area (Å²) in [6.07, 6.45) is -1.78. The molecule has 0 atom stereocenters. The Morgan fingerprint density at radius 3 is 2.74 bits per heavy atom. The Morgan fingerprint density at radius 2 is 2.00 bits per heavy atom. The number of rotatable bonds is 5. The van der Waals surface area contributed by atoms with E-state index in [1.165, 1.54) is 17.2 Å². The molecule has 1 amide bonds. The van der Waals surface area contributed by atoms with Crippen molar-refractivity contribution in [2.24, 2.45) is 0 Å². The Balaban J connectivity index is 1.49. The lowest BCUT2D eigenvalue weighted by Gasteiger charge is -2.14. The first-order valence-electron chi connectivity index (χ1n) is 9.16. The monoisotopic (exact) mass is 428 g/mol. The molecule has 0 N–H and O–H groups in total. The van der Waals surface area contributed by atoms with E-state index < -0.39 is 12.8 Å². The molecule has 3 aromatic rings. The zero-order chi connectivity index (χ0) is 22.0. The third-order valence-electron chi connectivity index (χ3n) is 4.67. The number of nitrogens with zero attached hydrogens (tertiary/aromatic N) is 6. The van der Waals surface area contributed by atoms with E-state index in [4.69, 9.17) is 10.00 Å². The van der Waals surface area contributed by atoms with Crippen LogP contribution in [0.2, 0.25) is 0 Å². The van der Waals surface area contributed by atoms with Gasteiger partial charge in [0.1, 0.15) is 18.9 Å². The van der Waals surface area contributed by atoms with Crippen LogP contribution >= 0.6 is 0 Å². The Bertz CT molecular complexity index is 1170. The highest BCUT2D eigenvalue weighted by molar-refractivity contribution is 5.77. The molecule has 0 spiro atoms. The number of pyridine rings is 1. The second kappa shape index (κ2) is 8.06. The Hall–Kier alpha value is -3.94. The minimum absolute atomic E-state index is 0.0119. The third-order valence-corrected chi connectivity index (χ3v) is 4.67. The van der Waals surface area contributed by atoms with Crippen LogP contribution in [0.1, 0.15) is 17.0 Å². The molecule has 0 unspecified atom stereocenters. The zero-order valence-corrected chi connectivity index (χ0v) is 16.0. The predicted molar refractivity (Wildman–Crippen MR) is 100 cm³/mol. The number of nitriles is 1. The molecule has 1 aliphatic heterocycles. The number of fused-ring (bicyclic) bond motifs is 1. The summed E-state index contributed by atoms with van der Waals surface area (Å²) >= 11 is 0. The third kappa shape index (κ3) is 4.63. The summed E-state index contributed by atoms with van der Waals surface area (Å²) in [7, 11) is 0. The molecule has 158 valence electrons. The first-order valence-corrected chi connectivity index (χ1v) is 9.16. The standard InChI is InChI=1S/C20H15F3N6O2/c21-20(22,23)11-31-19-16(2-1-5-25-19)13-3-4-14-8-28(9-15(14)6-13)18(30)10-29-12-26-17(7-24)27-29/h1-6,12H,8-11H2. The average Bonchev–Trinajstić information content (AvgIpc) is 3.38. The van der Waals surface area contributed by atoms with Crippen molar-refractivity contribution in [3.63, 3.8) is 0 Å². The number of amides is 1. The molecular formula is C20H15F3N6O2. The fourth-order valence-electron chi connectivity index (χ4n) is 3.27. The second-order valence-electron chi connectivity index (χ2n) is 6.87. The number of ether oxygens (including phenoxy) is 1. The molecule has 3 heterocycles. The molecule has 4 rings (SSSR count). The molecule has 0 aliphatic carbocycles. The van der Waals surface area contributed by atoms with Gasteiger partial charge in [-0.15, -0.1) is 5.10 Å². The van der Waals surface area contributed by atoms with E-state index in [1.54, 1.807) is 29.2 Å². The molecule has 0 saturated carbocycles. The number of benzene rings is 1. The molecule has 0 bridgehead atoms. The summed E-state index contributed by atoms with van der Waals surface area (Å²) in [6, 6.07) is 10.5. The lowest BCUT2D eigenvalue weighted by atomic mass is 10.0. The SMILES string of the molecule is N#Cc1ncn(CC(=O)N2Cc3ccc(-c4cccnc4OCC(F)(F)F)cc3C2)n1. The van der Waals surface area contributed by atoms with Gasteiger partial charge in [0.2, 0.25) is 11.8 Å². The number of hydrogen-bond donors (Lipinski definition) is 0. The van der Waals surface area contributed by atoms with Gasteiger partial charge in [-0.05, 0) is 34.9 Å². The quantitative estimate of drug-likeness (QED) is 0.620. The van der Waals surface area contributed by atoms with Crippen molar-refractivity contribution in [2.45, 2.75) is 25.8 Å². The molecule has 0 saturated heterocycles. The zero-order valence-electron chi connectivity index (χ0n) is 16.0. The predicted octanol–water partition coefficient (Wildman–Crippen LogP) is 2.70. The van der Waals surface area contributed by atoms with Crippen LogP contribution in [0.25, 0.3) is 11.1 Å². The summed E-state index contributed by atoms with van der Waals surface area (Å²) in [6.45, 7) is -0.729. The highest BCUT2D eigenvalue weighted by Gasteiger charge is 2.29. The van der Waals surface area contributed by atoms with Crippen molar-refractivity contribution in [3.05, 3.63) is 59.8 Å². The van der Waals surface area contributed by atoms with Crippen molar-refractivity contribution >= 4 is 5.91 Å². The molecule has 0 fully saturated rings. The fraction of sp³-hybridized carbons (Fsp3) is 0.250. The number of carbonyl (C=O) groups excluding carboxylic acids is 1. The molecule has 8 nitrogen and oxygen atoms in total. The van der Waals surface area contributed by atoms with Crippen molar-refractivity contribution in [1.82, 2.24) is 24.6 Å². The molecule has 11 heteroatoms. The molecule has 1 aromatic carbocycles. The van der Waals surface area contributed by atoms with E-state index in [9.17, 15) is 18.0 Å². The number of aromatic nitrogens is 4. The van der Waals surface area contributed by atoms with E-state index in [1.807, 2.05) is 12.1 Å². The van der Waals surface area contributed by atoms with Crippen LogP contribution in [0.5, 0.6) is 5.88 Å². The van der Waals surface area contributed by atoms with Gasteiger partial charge in [-0.25, -0.2) is 14.6 Å². The van der Waals surface area contributed by atoms with Gasteiger partial charge in [0, 0.05) is 24.8 Å². The van der Waals surface area contributed by atoms with Crippen LogP contribution in [-0.2, 0) is 24.4 Å². The summed E-state index contributed by atoms with van der Waals surface area (Å²) in [5.74, 6) is -0.310. The molecule has 1 aliphatic rings. The first kappa shape index (κ1) is 20.3. The van der Waals surface area contributed by atoms with Crippen LogP contribution in [-0.4, -0.2) is 43.3 Å². The van der Waals surface area contributed by atoms with Gasteiger partial charge in [-0.1, -0.05) is 12.1 Å². The first-order chi connectivity index (χ1) is 14.8. The van der Waals surface area contributed by atoms with Crippen molar-refractivity contribution in [1.29, 1.82) is 5.26 Å². The molecule has 31 heavy (non-hydrogen) atoms. The van der Waals surface area contributed by atoms with Gasteiger partial charge in [0.15, 0.2) is 6.61 Å². The maximum absolute atomic E-state index is 12.6. The van der Waals surface area contributed by atoms with Gasteiger partial charge in [0.25, 0.3) is 5.82 Å². The highest BCUT2D eigenvalue weighted by atomic mass is 19.4. The largest absolute Gasteiger partial charge is 0.468 e.